The molecule has 1 atom stereocenters. The summed E-state index contributed by atoms with van der Waals surface area (Å²) in [6.45, 7) is 4.34. The molecule has 2 rings (SSSR count). The Bertz CT molecular complexity index is 612. The van der Waals surface area contributed by atoms with Crippen LogP contribution in [0.25, 0.3) is 0 Å². The van der Waals surface area contributed by atoms with Gasteiger partial charge in [-0.1, -0.05) is 26.0 Å². The Kier molecular flexibility index (Phi) is 4.17. The van der Waals surface area contributed by atoms with Crippen molar-refractivity contribution in [2.24, 2.45) is 5.41 Å². The lowest BCUT2D eigenvalue weighted by Gasteiger charge is -2.18. The third kappa shape index (κ3) is 4.06. The van der Waals surface area contributed by atoms with Crippen LogP contribution in [0, 0.1) is 16.7 Å². The Labute approximate surface area is 120 Å². The number of nitrogens with one attached hydrogen (secondary N) is 1. The van der Waals surface area contributed by atoms with E-state index in [9.17, 15) is 8.42 Å². The summed E-state index contributed by atoms with van der Waals surface area (Å²) in [6.07, 6.45) is 2.84. The molecule has 1 saturated carbocycles. The molecule has 1 aromatic carbocycles. The van der Waals surface area contributed by atoms with Crippen molar-refractivity contribution in [2.75, 3.05) is 0 Å². The fourth-order valence-electron chi connectivity index (χ4n) is 2.73. The quantitative estimate of drug-likeness (QED) is 0.927. The van der Waals surface area contributed by atoms with Gasteiger partial charge in [0.2, 0.25) is 10.0 Å². The average molecular weight is 292 g/mol. The Balaban J connectivity index is 1.99. The summed E-state index contributed by atoms with van der Waals surface area (Å²) in [5.41, 5.74) is 1.46. The fourth-order valence-corrected chi connectivity index (χ4v) is 4.15. The lowest BCUT2D eigenvalue weighted by Crippen LogP contribution is -2.34. The van der Waals surface area contributed by atoms with E-state index in [0.29, 0.717) is 11.1 Å². The predicted octanol–water partition coefficient (Wildman–Crippen LogP) is 2.56. The van der Waals surface area contributed by atoms with Crippen LogP contribution in [0.15, 0.2) is 24.3 Å². The number of benzene rings is 1. The molecule has 1 N–H and O–H groups in total. The summed E-state index contributed by atoms with van der Waals surface area (Å²) in [4.78, 5) is 0. The molecule has 4 nitrogen and oxygen atoms in total. The molecule has 0 saturated heterocycles. The van der Waals surface area contributed by atoms with Crippen LogP contribution in [-0.2, 0) is 15.8 Å². The highest BCUT2D eigenvalue weighted by Gasteiger charge is 2.33. The van der Waals surface area contributed by atoms with E-state index in [-0.39, 0.29) is 17.2 Å². The molecule has 1 fully saturated rings. The van der Waals surface area contributed by atoms with Crippen molar-refractivity contribution in [1.82, 2.24) is 4.72 Å². The number of hydrogen-bond donors (Lipinski definition) is 1. The molecular formula is C15H20N2O2S. The molecule has 0 radical (unpaired) electrons. The van der Waals surface area contributed by atoms with E-state index in [2.05, 4.69) is 18.6 Å². The first kappa shape index (κ1) is 15.0. The van der Waals surface area contributed by atoms with E-state index in [1.165, 1.54) is 0 Å². The second kappa shape index (κ2) is 5.55. The molecule has 5 heteroatoms. The Morgan fingerprint density at radius 1 is 1.35 bits per heavy atom. The van der Waals surface area contributed by atoms with Gasteiger partial charge < -0.3 is 0 Å². The Hall–Kier alpha value is -1.38. The van der Waals surface area contributed by atoms with Gasteiger partial charge in [-0.15, -0.1) is 0 Å². The predicted molar refractivity (Wildman–Crippen MR) is 78.3 cm³/mol. The SMILES string of the molecule is CC1(C)CCC(NS(=O)(=O)Cc2ccc(C#N)cc2)C1. The van der Waals surface area contributed by atoms with Crippen LogP contribution >= 0.6 is 0 Å². The third-order valence-corrected chi connectivity index (χ3v) is 5.16. The molecule has 1 aromatic rings. The van der Waals surface area contributed by atoms with Gasteiger partial charge in [0.25, 0.3) is 0 Å². The van der Waals surface area contributed by atoms with Crippen LogP contribution in [0.5, 0.6) is 0 Å². The van der Waals surface area contributed by atoms with Gasteiger partial charge in [-0.3, -0.25) is 0 Å². The maximum absolute atomic E-state index is 12.1. The van der Waals surface area contributed by atoms with Crippen molar-refractivity contribution in [3.8, 4) is 6.07 Å². The van der Waals surface area contributed by atoms with Crippen LogP contribution in [0.3, 0.4) is 0 Å². The van der Waals surface area contributed by atoms with Gasteiger partial charge in [0, 0.05) is 6.04 Å². The Morgan fingerprint density at radius 3 is 2.50 bits per heavy atom. The minimum atomic E-state index is -3.32. The monoisotopic (exact) mass is 292 g/mol. The molecular weight excluding hydrogens is 272 g/mol. The second-order valence-corrected chi connectivity index (χ2v) is 8.04. The fraction of sp³-hybridized carbons (Fsp3) is 0.533. The van der Waals surface area contributed by atoms with Crippen molar-refractivity contribution in [2.45, 2.75) is 44.9 Å². The number of nitrogens with zero attached hydrogens (tertiary/aromatic N) is 1. The van der Waals surface area contributed by atoms with Crippen molar-refractivity contribution in [1.29, 1.82) is 5.26 Å². The topological polar surface area (TPSA) is 70.0 Å². The minimum Gasteiger partial charge on any atom is -0.212 e. The zero-order valence-electron chi connectivity index (χ0n) is 11.9. The molecule has 0 heterocycles. The first-order chi connectivity index (χ1) is 9.30. The van der Waals surface area contributed by atoms with Crippen LogP contribution < -0.4 is 4.72 Å². The summed E-state index contributed by atoms with van der Waals surface area (Å²) in [5, 5.41) is 8.72. The molecule has 0 bridgehead atoms. The van der Waals surface area contributed by atoms with Gasteiger partial charge in [0.05, 0.1) is 17.4 Å². The summed E-state index contributed by atoms with van der Waals surface area (Å²) in [5.74, 6) is -0.0321. The van der Waals surface area contributed by atoms with Crippen LogP contribution in [0.1, 0.15) is 44.2 Å². The largest absolute Gasteiger partial charge is 0.216 e. The summed E-state index contributed by atoms with van der Waals surface area (Å²) < 4.78 is 27.1. The highest BCUT2D eigenvalue weighted by Crippen LogP contribution is 2.37. The van der Waals surface area contributed by atoms with E-state index in [1.807, 2.05) is 6.07 Å². The summed E-state index contributed by atoms with van der Waals surface area (Å²) in [7, 11) is -3.32. The van der Waals surface area contributed by atoms with E-state index < -0.39 is 10.0 Å². The first-order valence-corrected chi connectivity index (χ1v) is 8.44. The van der Waals surface area contributed by atoms with Crippen molar-refractivity contribution in [3.05, 3.63) is 35.4 Å². The molecule has 20 heavy (non-hydrogen) atoms. The minimum absolute atomic E-state index is 0.0321. The van der Waals surface area contributed by atoms with Crippen LogP contribution in [0.2, 0.25) is 0 Å². The Morgan fingerprint density at radius 2 is 2.00 bits per heavy atom. The van der Waals surface area contributed by atoms with Crippen LogP contribution in [-0.4, -0.2) is 14.5 Å². The standard InChI is InChI=1S/C15H20N2O2S/c1-15(2)8-7-14(9-15)17-20(18,19)11-13-5-3-12(10-16)4-6-13/h3-6,14,17H,7-9,11H2,1-2H3. The zero-order valence-corrected chi connectivity index (χ0v) is 12.7. The normalized spacial score (nSPS) is 21.6. The van der Waals surface area contributed by atoms with Crippen molar-refractivity contribution >= 4 is 10.0 Å². The highest BCUT2D eigenvalue weighted by molar-refractivity contribution is 7.88. The van der Waals surface area contributed by atoms with Crippen molar-refractivity contribution < 1.29 is 8.42 Å². The maximum Gasteiger partial charge on any atom is 0.216 e. The first-order valence-electron chi connectivity index (χ1n) is 6.79. The second-order valence-electron chi connectivity index (χ2n) is 6.29. The van der Waals surface area contributed by atoms with Gasteiger partial charge in [-0.25, -0.2) is 13.1 Å². The van der Waals surface area contributed by atoms with Gasteiger partial charge in [-0.2, -0.15) is 5.26 Å². The van der Waals surface area contributed by atoms with E-state index in [4.69, 9.17) is 5.26 Å². The van der Waals surface area contributed by atoms with Gasteiger partial charge in [-0.05, 0) is 42.4 Å². The van der Waals surface area contributed by atoms with Gasteiger partial charge in [0.15, 0.2) is 0 Å². The molecule has 0 spiro atoms. The summed E-state index contributed by atoms with van der Waals surface area (Å²) in [6, 6.07) is 8.74. The maximum atomic E-state index is 12.1. The van der Waals surface area contributed by atoms with E-state index in [1.54, 1.807) is 24.3 Å². The van der Waals surface area contributed by atoms with Crippen LogP contribution in [0.4, 0.5) is 0 Å². The zero-order chi connectivity index (χ0) is 14.8. The molecule has 0 amide bonds. The molecule has 1 aliphatic rings. The number of hydrogen-bond acceptors (Lipinski definition) is 3. The van der Waals surface area contributed by atoms with Gasteiger partial charge in [0.1, 0.15) is 0 Å². The smallest absolute Gasteiger partial charge is 0.212 e. The number of rotatable bonds is 4. The molecule has 108 valence electrons. The van der Waals surface area contributed by atoms with Gasteiger partial charge >= 0.3 is 0 Å². The lowest BCUT2D eigenvalue weighted by molar-refractivity contribution is 0.372. The van der Waals surface area contributed by atoms with E-state index >= 15 is 0 Å². The third-order valence-electron chi connectivity index (χ3n) is 3.75. The number of nitriles is 1. The molecule has 1 aliphatic carbocycles. The lowest BCUT2D eigenvalue weighted by atomic mass is 9.92. The van der Waals surface area contributed by atoms with Crippen molar-refractivity contribution in [3.63, 3.8) is 0 Å². The molecule has 1 unspecified atom stereocenters. The molecule has 0 aromatic heterocycles. The number of sulfonamides is 1. The van der Waals surface area contributed by atoms with E-state index in [0.717, 1.165) is 19.3 Å². The summed E-state index contributed by atoms with van der Waals surface area (Å²) >= 11 is 0. The highest BCUT2D eigenvalue weighted by atomic mass is 32.2. The average Bonchev–Trinajstić information content (AvgIpc) is 2.68. The molecule has 0 aliphatic heterocycles.